The number of rotatable bonds is 4. The minimum absolute atomic E-state index is 0.250. The number of aryl methyl sites for hydroxylation is 1. The minimum Gasteiger partial charge on any atom is -0.507 e. The van der Waals surface area contributed by atoms with Gasteiger partial charge in [-0.1, -0.05) is 0 Å². The highest BCUT2D eigenvalue weighted by molar-refractivity contribution is 5.92. The van der Waals surface area contributed by atoms with Gasteiger partial charge in [0.15, 0.2) is 0 Å². The average Bonchev–Trinajstić information content (AvgIpc) is 2.28. The molecule has 0 aromatic heterocycles. The van der Waals surface area contributed by atoms with Gasteiger partial charge in [-0.2, -0.15) is 0 Å². The number of hydrogen-bond acceptors (Lipinski definition) is 3. The zero-order valence-corrected chi connectivity index (χ0v) is 10.1. The van der Waals surface area contributed by atoms with Crippen LogP contribution in [-0.2, 0) is 0 Å². The smallest absolute Gasteiger partial charge is 0.133 e. The van der Waals surface area contributed by atoms with Crippen LogP contribution in [0.15, 0.2) is 22.1 Å². The molecular formula is C13H18N2O. The van der Waals surface area contributed by atoms with Gasteiger partial charge in [-0.25, -0.2) is 0 Å². The van der Waals surface area contributed by atoms with E-state index in [4.69, 9.17) is 0 Å². The number of nitrogens with zero attached hydrogens (tertiary/aromatic N) is 2. The van der Waals surface area contributed by atoms with Gasteiger partial charge in [-0.3, -0.25) is 9.98 Å². The molecule has 0 radical (unpaired) electrons. The van der Waals surface area contributed by atoms with Gasteiger partial charge >= 0.3 is 0 Å². The molecule has 0 bridgehead atoms. The Labute approximate surface area is 96.6 Å². The molecule has 3 heteroatoms. The molecule has 0 amide bonds. The molecule has 3 nitrogen and oxygen atoms in total. The van der Waals surface area contributed by atoms with Crippen LogP contribution in [0, 0.1) is 6.92 Å². The van der Waals surface area contributed by atoms with Crippen LogP contribution in [0.2, 0.25) is 0 Å². The summed E-state index contributed by atoms with van der Waals surface area (Å²) in [5, 5.41) is 9.98. The SMILES string of the molecule is CCN=Cc1cc(C)cc(C=NCC)c1O. The molecule has 16 heavy (non-hydrogen) atoms. The van der Waals surface area contributed by atoms with Crippen molar-refractivity contribution in [3.05, 3.63) is 28.8 Å². The summed E-state index contributed by atoms with van der Waals surface area (Å²) < 4.78 is 0. The number of phenolic OH excluding ortho intramolecular Hbond substituents is 1. The van der Waals surface area contributed by atoms with E-state index in [0.717, 1.165) is 16.7 Å². The van der Waals surface area contributed by atoms with E-state index in [0.29, 0.717) is 13.1 Å². The van der Waals surface area contributed by atoms with Gasteiger partial charge in [0.05, 0.1) is 0 Å². The Hall–Kier alpha value is -1.64. The van der Waals surface area contributed by atoms with Crippen LogP contribution in [0.4, 0.5) is 0 Å². The molecule has 0 aliphatic heterocycles. The first-order valence-corrected chi connectivity index (χ1v) is 5.52. The highest BCUT2D eigenvalue weighted by Crippen LogP contribution is 2.21. The van der Waals surface area contributed by atoms with Gasteiger partial charge in [0.1, 0.15) is 5.75 Å². The van der Waals surface area contributed by atoms with E-state index >= 15 is 0 Å². The van der Waals surface area contributed by atoms with Crippen molar-refractivity contribution in [2.75, 3.05) is 13.1 Å². The zero-order chi connectivity index (χ0) is 12.0. The second-order valence-corrected chi connectivity index (χ2v) is 3.55. The summed E-state index contributed by atoms with van der Waals surface area (Å²) in [4.78, 5) is 8.27. The Morgan fingerprint density at radius 2 is 1.50 bits per heavy atom. The van der Waals surface area contributed by atoms with Crippen molar-refractivity contribution in [3.63, 3.8) is 0 Å². The summed E-state index contributed by atoms with van der Waals surface area (Å²) in [6, 6.07) is 3.83. The summed E-state index contributed by atoms with van der Waals surface area (Å²) in [6.45, 7) is 7.34. The molecule has 1 aromatic rings. The van der Waals surface area contributed by atoms with Crippen LogP contribution in [0.5, 0.6) is 5.75 Å². The van der Waals surface area contributed by atoms with Gasteiger partial charge in [0, 0.05) is 36.6 Å². The van der Waals surface area contributed by atoms with E-state index in [1.807, 2.05) is 32.9 Å². The van der Waals surface area contributed by atoms with Crippen LogP contribution in [-0.4, -0.2) is 30.6 Å². The Kier molecular flexibility index (Phi) is 4.70. The van der Waals surface area contributed by atoms with Crippen molar-refractivity contribution in [3.8, 4) is 5.75 Å². The van der Waals surface area contributed by atoms with Crippen LogP contribution < -0.4 is 0 Å². The molecule has 0 aliphatic carbocycles. The second-order valence-electron chi connectivity index (χ2n) is 3.55. The maximum atomic E-state index is 9.98. The normalized spacial score (nSPS) is 11.7. The molecule has 0 unspecified atom stereocenters. The molecule has 0 saturated heterocycles. The van der Waals surface area contributed by atoms with Crippen molar-refractivity contribution in [1.82, 2.24) is 0 Å². The lowest BCUT2D eigenvalue weighted by Crippen LogP contribution is -1.92. The first-order valence-electron chi connectivity index (χ1n) is 5.52. The van der Waals surface area contributed by atoms with Gasteiger partial charge in [0.25, 0.3) is 0 Å². The maximum absolute atomic E-state index is 9.98. The van der Waals surface area contributed by atoms with Crippen LogP contribution in [0.1, 0.15) is 30.5 Å². The number of benzene rings is 1. The molecule has 0 saturated carbocycles. The average molecular weight is 218 g/mol. The van der Waals surface area contributed by atoms with E-state index in [2.05, 4.69) is 9.98 Å². The number of phenols is 1. The van der Waals surface area contributed by atoms with E-state index in [-0.39, 0.29) is 5.75 Å². The van der Waals surface area contributed by atoms with Crippen molar-refractivity contribution in [1.29, 1.82) is 0 Å². The third-order valence-electron chi connectivity index (χ3n) is 2.14. The fraction of sp³-hybridized carbons (Fsp3) is 0.385. The molecule has 0 aliphatic rings. The monoisotopic (exact) mass is 218 g/mol. The van der Waals surface area contributed by atoms with Crippen molar-refractivity contribution < 1.29 is 5.11 Å². The molecule has 0 spiro atoms. The predicted molar refractivity (Wildman–Crippen MR) is 69.1 cm³/mol. The third-order valence-corrected chi connectivity index (χ3v) is 2.14. The summed E-state index contributed by atoms with van der Waals surface area (Å²) in [7, 11) is 0. The minimum atomic E-state index is 0.250. The highest BCUT2D eigenvalue weighted by Gasteiger charge is 2.04. The van der Waals surface area contributed by atoms with E-state index in [1.54, 1.807) is 12.4 Å². The first-order chi connectivity index (χ1) is 7.69. The fourth-order valence-electron chi connectivity index (χ4n) is 1.41. The van der Waals surface area contributed by atoms with E-state index in [1.165, 1.54) is 0 Å². The Morgan fingerprint density at radius 1 is 1.06 bits per heavy atom. The Balaban J connectivity index is 3.15. The van der Waals surface area contributed by atoms with Gasteiger partial charge in [-0.05, 0) is 38.5 Å². The molecule has 0 atom stereocenters. The largest absolute Gasteiger partial charge is 0.507 e. The molecule has 0 fully saturated rings. The Morgan fingerprint density at radius 3 is 1.88 bits per heavy atom. The summed E-state index contributed by atoms with van der Waals surface area (Å²) in [5.41, 5.74) is 2.59. The fourth-order valence-corrected chi connectivity index (χ4v) is 1.41. The molecule has 1 rings (SSSR count). The lowest BCUT2D eigenvalue weighted by Gasteiger charge is -2.05. The number of aliphatic imine (C=N–C) groups is 2. The number of aromatic hydroxyl groups is 1. The molecule has 1 N–H and O–H groups in total. The Bertz CT molecular complexity index is 373. The first kappa shape index (κ1) is 12.4. The van der Waals surface area contributed by atoms with Crippen molar-refractivity contribution in [2.45, 2.75) is 20.8 Å². The van der Waals surface area contributed by atoms with Gasteiger partial charge in [0.2, 0.25) is 0 Å². The lowest BCUT2D eigenvalue weighted by atomic mass is 10.1. The molecular weight excluding hydrogens is 200 g/mol. The van der Waals surface area contributed by atoms with Crippen LogP contribution in [0.25, 0.3) is 0 Å². The molecule has 86 valence electrons. The maximum Gasteiger partial charge on any atom is 0.133 e. The van der Waals surface area contributed by atoms with E-state index in [9.17, 15) is 5.11 Å². The summed E-state index contributed by atoms with van der Waals surface area (Å²) >= 11 is 0. The van der Waals surface area contributed by atoms with Gasteiger partial charge in [-0.15, -0.1) is 0 Å². The third kappa shape index (κ3) is 3.19. The predicted octanol–water partition coefficient (Wildman–Crippen LogP) is 2.58. The van der Waals surface area contributed by atoms with Crippen molar-refractivity contribution >= 4 is 12.4 Å². The molecule has 1 aromatic carbocycles. The standard InChI is InChI=1S/C13H18N2O/c1-4-14-8-11-6-10(3)7-12(13(11)16)9-15-5-2/h6-9,16H,4-5H2,1-3H3. The van der Waals surface area contributed by atoms with Gasteiger partial charge < -0.3 is 5.11 Å². The summed E-state index contributed by atoms with van der Waals surface area (Å²) in [6.07, 6.45) is 3.40. The topological polar surface area (TPSA) is 45.0 Å². The number of hydrogen-bond donors (Lipinski definition) is 1. The van der Waals surface area contributed by atoms with E-state index < -0.39 is 0 Å². The van der Waals surface area contributed by atoms with Crippen molar-refractivity contribution in [2.24, 2.45) is 9.98 Å². The second kappa shape index (κ2) is 6.05. The highest BCUT2D eigenvalue weighted by atomic mass is 16.3. The quantitative estimate of drug-likeness (QED) is 0.776. The van der Waals surface area contributed by atoms with Crippen LogP contribution in [0.3, 0.4) is 0 Å². The summed E-state index contributed by atoms with van der Waals surface area (Å²) in [5.74, 6) is 0.250. The van der Waals surface area contributed by atoms with Crippen LogP contribution >= 0.6 is 0 Å². The molecule has 0 heterocycles. The lowest BCUT2D eigenvalue weighted by molar-refractivity contribution is 0.473. The zero-order valence-electron chi connectivity index (χ0n) is 10.1.